The minimum absolute atomic E-state index is 1.02. The normalized spacial score (nSPS) is 10.1. The molecule has 0 spiro atoms. The molecule has 2 aromatic rings. The molecule has 0 unspecified atom stereocenters. The van der Waals surface area contributed by atoms with Crippen molar-refractivity contribution < 1.29 is 0 Å². The summed E-state index contributed by atoms with van der Waals surface area (Å²) in [6.07, 6.45) is 1.89. The van der Waals surface area contributed by atoms with Gasteiger partial charge in [0, 0.05) is 11.8 Å². The highest BCUT2D eigenvalue weighted by molar-refractivity contribution is 14.1. The summed E-state index contributed by atoms with van der Waals surface area (Å²) in [5.41, 5.74) is 2.18. The van der Waals surface area contributed by atoms with Crippen LogP contribution in [0.25, 0.3) is 11.3 Å². The van der Waals surface area contributed by atoms with Crippen LogP contribution in [0.5, 0.6) is 0 Å². The van der Waals surface area contributed by atoms with E-state index in [1.54, 1.807) is 0 Å². The Morgan fingerprint density at radius 2 is 1.92 bits per heavy atom. The van der Waals surface area contributed by atoms with Crippen molar-refractivity contribution in [3.8, 4) is 11.3 Å². The Hall–Kier alpha value is -0.840. The predicted octanol–water partition coefficient (Wildman–Crippen LogP) is 2.68. The van der Waals surface area contributed by atoms with Crippen LogP contribution in [0.1, 0.15) is 0 Å². The first-order valence-corrected chi connectivity index (χ1v) is 4.70. The number of benzene rings is 1. The first-order chi connectivity index (χ1) is 5.88. The summed E-state index contributed by atoms with van der Waals surface area (Å²) in [7, 11) is 0. The maximum atomic E-state index is 4.15. The Morgan fingerprint density at radius 1 is 1.17 bits per heavy atom. The van der Waals surface area contributed by atoms with Gasteiger partial charge in [0.05, 0.1) is 3.57 Å². The number of hydrogen-bond donors (Lipinski definition) is 1. The fourth-order valence-corrected chi connectivity index (χ4v) is 1.65. The van der Waals surface area contributed by atoms with Crippen molar-refractivity contribution in [2.75, 3.05) is 0 Å². The van der Waals surface area contributed by atoms with Gasteiger partial charge in [-0.3, -0.25) is 5.10 Å². The third kappa shape index (κ3) is 1.36. The molecule has 1 aromatic carbocycles. The number of aromatic amines is 1. The van der Waals surface area contributed by atoms with Crippen LogP contribution in [0.2, 0.25) is 0 Å². The fraction of sp³-hybridized carbons (Fsp3) is 0. The van der Waals surface area contributed by atoms with Gasteiger partial charge in [0.1, 0.15) is 5.69 Å². The lowest BCUT2D eigenvalue weighted by Crippen LogP contribution is -1.78. The number of nitrogens with one attached hydrogen (secondary N) is 1. The van der Waals surface area contributed by atoms with Gasteiger partial charge in [0.2, 0.25) is 0 Å². The zero-order valence-electron chi connectivity index (χ0n) is 6.29. The van der Waals surface area contributed by atoms with Crippen LogP contribution in [0.4, 0.5) is 0 Å². The molecule has 3 heteroatoms. The quantitative estimate of drug-likeness (QED) is 0.793. The van der Waals surface area contributed by atoms with Crippen LogP contribution in [-0.4, -0.2) is 10.2 Å². The van der Waals surface area contributed by atoms with Gasteiger partial charge in [0.25, 0.3) is 0 Å². The van der Waals surface area contributed by atoms with Crippen molar-refractivity contribution >= 4 is 22.6 Å². The molecule has 0 saturated carbocycles. The Kier molecular flexibility index (Phi) is 2.12. The maximum Gasteiger partial charge on any atom is 0.105 e. The molecule has 0 fully saturated rings. The second-order valence-corrected chi connectivity index (χ2v) is 3.61. The Morgan fingerprint density at radius 3 is 2.50 bits per heavy atom. The van der Waals surface area contributed by atoms with Crippen molar-refractivity contribution in [3.05, 3.63) is 40.1 Å². The zero-order chi connectivity index (χ0) is 8.39. The molecule has 1 heterocycles. The van der Waals surface area contributed by atoms with E-state index in [1.165, 1.54) is 0 Å². The van der Waals surface area contributed by atoms with E-state index in [0.717, 1.165) is 14.8 Å². The van der Waals surface area contributed by atoms with Crippen LogP contribution in [-0.2, 0) is 0 Å². The molecule has 0 atom stereocenters. The molecule has 0 amide bonds. The van der Waals surface area contributed by atoms with Crippen molar-refractivity contribution in [2.45, 2.75) is 0 Å². The van der Waals surface area contributed by atoms with E-state index in [1.807, 2.05) is 24.4 Å². The number of H-pyrrole nitrogens is 1. The lowest BCUT2D eigenvalue weighted by Gasteiger charge is -1.94. The lowest BCUT2D eigenvalue weighted by atomic mass is 10.2. The van der Waals surface area contributed by atoms with E-state index in [-0.39, 0.29) is 0 Å². The highest BCUT2D eigenvalue weighted by atomic mass is 127. The molecular formula is C9H7IN2. The minimum atomic E-state index is 1.02. The molecule has 60 valence electrons. The van der Waals surface area contributed by atoms with Gasteiger partial charge in [0.15, 0.2) is 0 Å². The van der Waals surface area contributed by atoms with E-state index in [0.29, 0.717) is 0 Å². The van der Waals surface area contributed by atoms with E-state index in [2.05, 4.69) is 44.9 Å². The van der Waals surface area contributed by atoms with E-state index < -0.39 is 0 Å². The highest BCUT2D eigenvalue weighted by Crippen LogP contribution is 2.21. The smallest absolute Gasteiger partial charge is 0.105 e. The Bertz CT molecular complexity index is 367. The molecule has 0 aliphatic rings. The van der Waals surface area contributed by atoms with Gasteiger partial charge in [-0.1, -0.05) is 30.3 Å². The molecule has 1 N–H and O–H groups in total. The summed E-state index contributed by atoms with van der Waals surface area (Å²) >= 11 is 2.27. The molecule has 0 aliphatic carbocycles. The van der Waals surface area contributed by atoms with Crippen LogP contribution in [0, 0.1) is 3.57 Å². The van der Waals surface area contributed by atoms with Gasteiger partial charge < -0.3 is 0 Å². The van der Waals surface area contributed by atoms with Crippen LogP contribution >= 0.6 is 22.6 Å². The Labute approximate surface area is 84.1 Å². The molecule has 2 nitrogen and oxygen atoms in total. The van der Waals surface area contributed by atoms with E-state index in [9.17, 15) is 0 Å². The van der Waals surface area contributed by atoms with E-state index >= 15 is 0 Å². The highest BCUT2D eigenvalue weighted by Gasteiger charge is 2.03. The monoisotopic (exact) mass is 270 g/mol. The predicted molar refractivity (Wildman–Crippen MR) is 56.7 cm³/mol. The molecule has 0 saturated heterocycles. The summed E-state index contributed by atoms with van der Waals surface area (Å²) in [5, 5.41) is 6.99. The van der Waals surface area contributed by atoms with Crippen molar-refractivity contribution in [1.82, 2.24) is 10.2 Å². The van der Waals surface area contributed by atoms with Crippen LogP contribution in [0.3, 0.4) is 0 Å². The average molecular weight is 270 g/mol. The largest absolute Gasteiger partial charge is 0.284 e. The molecular weight excluding hydrogens is 263 g/mol. The molecule has 2 rings (SSSR count). The SMILES string of the molecule is Ic1c[nH]nc1-c1ccccc1. The van der Waals surface area contributed by atoms with Gasteiger partial charge in [-0.05, 0) is 22.6 Å². The summed E-state index contributed by atoms with van der Waals surface area (Å²) in [6.45, 7) is 0. The number of hydrogen-bond acceptors (Lipinski definition) is 1. The first kappa shape index (κ1) is 7.79. The van der Waals surface area contributed by atoms with Gasteiger partial charge in [-0.15, -0.1) is 0 Å². The number of rotatable bonds is 1. The van der Waals surface area contributed by atoms with E-state index in [4.69, 9.17) is 0 Å². The summed E-state index contributed by atoms with van der Waals surface area (Å²) < 4.78 is 1.15. The standard InChI is InChI=1S/C9H7IN2/c10-8-6-11-12-9(8)7-4-2-1-3-5-7/h1-6H,(H,11,12). The minimum Gasteiger partial charge on any atom is -0.284 e. The third-order valence-electron chi connectivity index (χ3n) is 1.64. The van der Waals surface area contributed by atoms with Crippen molar-refractivity contribution in [1.29, 1.82) is 0 Å². The Balaban J connectivity index is 2.51. The summed E-state index contributed by atoms with van der Waals surface area (Å²) in [6, 6.07) is 10.1. The first-order valence-electron chi connectivity index (χ1n) is 3.62. The second kappa shape index (κ2) is 3.26. The van der Waals surface area contributed by atoms with Crippen molar-refractivity contribution in [3.63, 3.8) is 0 Å². The van der Waals surface area contributed by atoms with Gasteiger partial charge in [-0.2, -0.15) is 5.10 Å². The maximum absolute atomic E-state index is 4.15. The second-order valence-electron chi connectivity index (χ2n) is 2.45. The molecule has 0 radical (unpaired) electrons. The fourth-order valence-electron chi connectivity index (χ4n) is 1.07. The van der Waals surface area contributed by atoms with Gasteiger partial charge in [-0.25, -0.2) is 0 Å². The summed E-state index contributed by atoms with van der Waals surface area (Å²) in [5.74, 6) is 0. The number of halogens is 1. The van der Waals surface area contributed by atoms with Crippen LogP contribution < -0.4 is 0 Å². The summed E-state index contributed by atoms with van der Waals surface area (Å²) in [4.78, 5) is 0. The lowest BCUT2D eigenvalue weighted by molar-refractivity contribution is 1.10. The zero-order valence-corrected chi connectivity index (χ0v) is 8.45. The average Bonchev–Trinajstić information content (AvgIpc) is 2.53. The molecule has 0 bridgehead atoms. The van der Waals surface area contributed by atoms with Crippen molar-refractivity contribution in [2.24, 2.45) is 0 Å². The number of aromatic nitrogens is 2. The molecule has 0 aliphatic heterocycles. The van der Waals surface area contributed by atoms with Crippen LogP contribution in [0.15, 0.2) is 36.5 Å². The molecule has 12 heavy (non-hydrogen) atoms. The van der Waals surface area contributed by atoms with Gasteiger partial charge >= 0.3 is 0 Å². The number of nitrogens with zero attached hydrogens (tertiary/aromatic N) is 1. The third-order valence-corrected chi connectivity index (χ3v) is 2.46. The topological polar surface area (TPSA) is 28.7 Å². The molecule has 1 aromatic heterocycles.